The molecule has 3 heterocycles. The van der Waals surface area contributed by atoms with Crippen LogP contribution in [-0.4, -0.2) is 20.8 Å². The first-order valence-corrected chi connectivity index (χ1v) is 6.88. The number of rotatable bonds is 2. The highest BCUT2D eigenvalue weighted by Crippen LogP contribution is 2.34. The predicted octanol–water partition coefficient (Wildman–Crippen LogP) is 2.47. The SMILES string of the molecule is NC(=S)N1N=C(c2ccc[nH]2)CC1c1cccs1. The van der Waals surface area contributed by atoms with Crippen molar-refractivity contribution in [3.8, 4) is 0 Å². The van der Waals surface area contributed by atoms with Gasteiger partial charge in [0.25, 0.3) is 0 Å². The number of hydrazone groups is 1. The molecule has 18 heavy (non-hydrogen) atoms. The van der Waals surface area contributed by atoms with E-state index in [-0.39, 0.29) is 6.04 Å². The van der Waals surface area contributed by atoms with Crippen molar-refractivity contribution in [2.24, 2.45) is 10.8 Å². The van der Waals surface area contributed by atoms with Gasteiger partial charge >= 0.3 is 0 Å². The molecule has 0 aromatic carbocycles. The summed E-state index contributed by atoms with van der Waals surface area (Å²) in [6.45, 7) is 0. The van der Waals surface area contributed by atoms with Crippen molar-refractivity contribution in [1.29, 1.82) is 0 Å². The normalized spacial score (nSPS) is 19.0. The molecule has 2 aromatic heterocycles. The van der Waals surface area contributed by atoms with E-state index in [0.29, 0.717) is 5.11 Å². The van der Waals surface area contributed by atoms with Gasteiger partial charge in [0, 0.05) is 17.5 Å². The van der Waals surface area contributed by atoms with Gasteiger partial charge in [-0.2, -0.15) is 5.10 Å². The molecule has 3 rings (SSSR count). The fourth-order valence-corrected chi connectivity index (χ4v) is 3.07. The molecule has 0 amide bonds. The fraction of sp³-hybridized carbons (Fsp3) is 0.167. The van der Waals surface area contributed by atoms with Gasteiger partial charge < -0.3 is 10.7 Å². The third-order valence-corrected chi connectivity index (χ3v) is 4.08. The van der Waals surface area contributed by atoms with Gasteiger partial charge in [-0.25, -0.2) is 5.01 Å². The van der Waals surface area contributed by atoms with Crippen molar-refractivity contribution in [3.63, 3.8) is 0 Å². The second-order valence-electron chi connectivity index (χ2n) is 4.05. The number of hydrogen-bond donors (Lipinski definition) is 2. The molecule has 2 aromatic rings. The van der Waals surface area contributed by atoms with Crippen LogP contribution in [0.1, 0.15) is 23.0 Å². The summed E-state index contributed by atoms with van der Waals surface area (Å²) >= 11 is 6.78. The Morgan fingerprint density at radius 2 is 2.39 bits per heavy atom. The van der Waals surface area contributed by atoms with E-state index in [1.165, 1.54) is 4.88 Å². The number of aromatic nitrogens is 1. The highest BCUT2D eigenvalue weighted by molar-refractivity contribution is 7.80. The molecule has 0 radical (unpaired) electrons. The predicted molar refractivity (Wildman–Crippen MR) is 77.6 cm³/mol. The Labute approximate surface area is 114 Å². The number of nitrogens with two attached hydrogens (primary N) is 1. The Bertz CT molecular complexity index is 571. The van der Waals surface area contributed by atoms with Crippen molar-refractivity contribution in [1.82, 2.24) is 9.99 Å². The molecule has 0 spiro atoms. The van der Waals surface area contributed by atoms with E-state index in [0.717, 1.165) is 17.8 Å². The summed E-state index contributed by atoms with van der Waals surface area (Å²) in [5.41, 5.74) is 7.77. The highest BCUT2D eigenvalue weighted by Gasteiger charge is 2.31. The van der Waals surface area contributed by atoms with Crippen molar-refractivity contribution in [3.05, 3.63) is 46.4 Å². The average molecular weight is 276 g/mol. The van der Waals surface area contributed by atoms with Crippen molar-refractivity contribution in [2.45, 2.75) is 12.5 Å². The Kier molecular flexibility index (Phi) is 2.89. The van der Waals surface area contributed by atoms with Crippen LogP contribution in [0.15, 0.2) is 40.9 Å². The van der Waals surface area contributed by atoms with Crippen molar-refractivity contribution >= 4 is 34.4 Å². The average Bonchev–Trinajstić information content (AvgIpc) is 3.10. The number of hydrogen-bond acceptors (Lipinski definition) is 3. The van der Waals surface area contributed by atoms with Gasteiger partial charge in [0.1, 0.15) is 0 Å². The third kappa shape index (κ3) is 1.93. The number of nitrogens with zero attached hydrogens (tertiary/aromatic N) is 2. The van der Waals surface area contributed by atoms with Crippen LogP contribution in [0.3, 0.4) is 0 Å². The lowest BCUT2D eigenvalue weighted by atomic mass is 10.1. The minimum Gasteiger partial charge on any atom is -0.375 e. The molecule has 0 saturated carbocycles. The van der Waals surface area contributed by atoms with Crippen LogP contribution >= 0.6 is 23.6 Å². The fourth-order valence-electron chi connectivity index (χ4n) is 2.09. The molecular formula is C12H12N4S2. The number of aromatic amines is 1. The molecule has 92 valence electrons. The second-order valence-corrected chi connectivity index (χ2v) is 5.45. The van der Waals surface area contributed by atoms with Crippen LogP contribution in [0, 0.1) is 0 Å². The lowest BCUT2D eigenvalue weighted by Gasteiger charge is -2.20. The molecule has 1 aliphatic rings. The number of thiophene rings is 1. The molecule has 0 bridgehead atoms. The summed E-state index contributed by atoms with van der Waals surface area (Å²) < 4.78 is 0. The molecule has 0 fully saturated rings. The summed E-state index contributed by atoms with van der Waals surface area (Å²) in [6, 6.07) is 8.22. The van der Waals surface area contributed by atoms with Crippen molar-refractivity contribution < 1.29 is 0 Å². The first kappa shape index (κ1) is 11.4. The Morgan fingerprint density at radius 1 is 1.50 bits per heavy atom. The van der Waals surface area contributed by atoms with Gasteiger partial charge in [0.2, 0.25) is 0 Å². The standard InChI is InChI=1S/C12H12N4S2/c13-12(17)16-10(11-4-2-6-18-11)7-9(15-16)8-3-1-5-14-8/h1-6,10,14H,7H2,(H2,13,17). The van der Waals surface area contributed by atoms with E-state index in [1.54, 1.807) is 16.3 Å². The number of thiocarbonyl (C=S) groups is 1. The molecule has 0 saturated heterocycles. The van der Waals surface area contributed by atoms with Gasteiger partial charge in [0.05, 0.1) is 17.4 Å². The topological polar surface area (TPSA) is 57.4 Å². The Hall–Kier alpha value is -1.66. The first-order valence-electron chi connectivity index (χ1n) is 5.59. The van der Waals surface area contributed by atoms with Crippen LogP contribution in [0.4, 0.5) is 0 Å². The van der Waals surface area contributed by atoms with Crippen LogP contribution in [0.2, 0.25) is 0 Å². The van der Waals surface area contributed by atoms with Crippen LogP contribution in [0.25, 0.3) is 0 Å². The smallest absolute Gasteiger partial charge is 0.187 e. The largest absolute Gasteiger partial charge is 0.375 e. The first-order chi connectivity index (χ1) is 8.75. The summed E-state index contributed by atoms with van der Waals surface area (Å²) in [6.07, 6.45) is 2.71. The zero-order chi connectivity index (χ0) is 12.5. The van der Waals surface area contributed by atoms with E-state index in [1.807, 2.05) is 24.4 Å². The van der Waals surface area contributed by atoms with Gasteiger partial charge in [-0.1, -0.05) is 6.07 Å². The van der Waals surface area contributed by atoms with Crippen LogP contribution in [0.5, 0.6) is 0 Å². The summed E-state index contributed by atoms with van der Waals surface area (Å²) in [5, 5.41) is 8.63. The van der Waals surface area contributed by atoms with Crippen LogP contribution in [-0.2, 0) is 0 Å². The zero-order valence-corrected chi connectivity index (χ0v) is 11.2. The minimum absolute atomic E-state index is 0.126. The Balaban J connectivity index is 1.93. The van der Waals surface area contributed by atoms with E-state index >= 15 is 0 Å². The maximum Gasteiger partial charge on any atom is 0.187 e. The van der Waals surface area contributed by atoms with Crippen molar-refractivity contribution in [2.75, 3.05) is 0 Å². The minimum atomic E-state index is 0.126. The molecule has 6 heteroatoms. The van der Waals surface area contributed by atoms with Gasteiger partial charge in [-0.05, 0) is 35.8 Å². The lowest BCUT2D eigenvalue weighted by molar-refractivity contribution is 0.378. The molecule has 1 atom stereocenters. The monoisotopic (exact) mass is 276 g/mol. The zero-order valence-electron chi connectivity index (χ0n) is 9.54. The molecule has 3 N–H and O–H groups in total. The summed E-state index contributed by atoms with van der Waals surface area (Å²) in [7, 11) is 0. The second kappa shape index (κ2) is 4.55. The summed E-state index contributed by atoms with van der Waals surface area (Å²) in [4.78, 5) is 4.40. The quantitative estimate of drug-likeness (QED) is 0.828. The van der Waals surface area contributed by atoms with E-state index in [9.17, 15) is 0 Å². The highest BCUT2D eigenvalue weighted by atomic mass is 32.1. The van der Waals surface area contributed by atoms with E-state index in [2.05, 4.69) is 21.5 Å². The van der Waals surface area contributed by atoms with E-state index < -0.39 is 0 Å². The maximum atomic E-state index is 5.75. The lowest BCUT2D eigenvalue weighted by Crippen LogP contribution is -2.31. The molecular weight excluding hydrogens is 264 g/mol. The molecule has 1 aliphatic heterocycles. The van der Waals surface area contributed by atoms with Crippen LogP contribution < -0.4 is 5.73 Å². The molecule has 0 aliphatic carbocycles. The maximum absolute atomic E-state index is 5.75. The van der Waals surface area contributed by atoms with E-state index in [4.69, 9.17) is 18.0 Å². The number of nitrogens with one attached hydrogen (secondary N) is 1. The van der Waals surface area contributed by atoms with Gasteiger partial charge in [0.15, 0.2) is 5.11 Å². The Morgan fingerprint density at radius 3 is 3.00 bits per heavy atom. The van der Waals surface area contributed by atoms with Gasteiger partial charge in [-0.15, -0.1) is 11.3 Å². The summed E-state index contributed by atoms with van der Waals surface area (Å²) in [5.74, 6) is 0. The third-order valence-electron chi connectivity index (χ3n) is 2.92. The molecule has 1 unspecified atom stereocenters. The number of H-pyrrole nitrogens is 1. The van der Waals surface area contributed by atoms with Gasteiger partial charge in [-0.3, -0.25) is 0 Å². The molecule has 4 nitrogen and oxygen atoms in total.